The standard InChI is InChI=1S/C43H60N4O6S/c1-7-29(4)34(24-38(48)36-20-14-15-21-46(36)6)42(51)47(26-32-18-12-9-13-19-32)37(28(2)3)25-39(49)41-45-35(27-54-41)40(50)44-33(22-30(5)43(52)53)23-31-16-10-8-11-17-31/h8-13,16-19,27-30,33-34,36-37,39,49H,7,14-15,20-26H2,1-6H3,(H,44,50)(H,52,53)/t29-,30-,33+,34-,36+,37+,39+/m0/s1. The van der Waals surface area contributed by atoms with Crippen LogP contribution < -0.4 is 5.32 Å². The lowest BCUT2D eigenvalue weighted by molar-refractivity contribution is -0.145. The highest BCUT2D eigenvalue weighted by Gasteiger charge is 2.38. The molecule has 10 nitrogen and oxygen atoms in total. The fourth-order valence-corrected chi connectivity index (χ4v) is 8.31. The Hall–Kier alpha value is -3.93. The minimum atomic E-state index is -1.05. The maximum atomic E-state index is 14.8. The van der Waals surface area contributed by atoms with Gasteiger partial charge in [-0.3, -0.25) is 24.1 Å². The molecular formula is C43H60N4O6S. The normalized spacial score (nSPS) is 18.3. The Labute approximate surface area is 325 Å². The third kappa shape index (κ3) is 12.0. The number of piperidine rings is 1. The van der Waals surface area contributed by atoms with Crippen LogP contribution in [-0.2, 0) is 27.3 Å². The summed E-state index contributed by atoms with van der Waals surface area (Å²) in [4.78, 5) is 62.3. The monoisotopic (exact) mass is 760 g/mol. The molecule has 4 rings (SSSR count). The van der Waals surface area contributed by atoms with E-state index in [-0.39, 0.29) is 60.6 Å². The second kappa shape index (κ2) is 20.7. The predicted octanol–water partition coefficient (Wildman–Crippen LogP) is 7.18. The number of hydrogen-bond donors (Lipinski definition) is 3. The summed E-state index contributed by atoms with van der Waals surface area (Å²) in [5, 5.41) is 26.2. The number of carbonyl (C=O) groups is 4. The van der Waals surface area contributed by atoms with Gasteiger partial charge in [-0.2, -0.15) is 0 Å². The number of aliphatic hydroxyl groups excluding tert-OH is 1. The Morgan fingerprint density at radius 2 is 1.61 bits per heavy atom. The lowest BCUT2D eigenvalue weighted by Gasteiger charge is -2.39. The Bertz CT molecular complexity index is 1650. The topological polar surface area (TPSA) is 140 Å². The van der Waals surface area contributed by atoms with Gasteiger partial charge < -0.3 is 20.4 Å². The lowest BCUT2D eigenvalue weighted by Crippen LogP contribution is -2.49. The second-order valence-electron chi connectivity index (χ2n) is 15.6. The van der Waals surface area contributed by atoms with Gasteiger partial charge in [0.25, 0.3) is 5.91 Å². The molecule has 0 unspecified atom stereocenters. The van der Waals surface area contributed by atoms with Crippen LogP contribution in [0.5, 0.6) is 0 Å². The highest BCUT2D eigenvalue weighted by molar-refractivity contribution is 7.09. The van der Waals surface area contributed by atoms with Crippen molar-refractivity contribution in [2.24, 2.45) is 23.7 Å². The third-order valence-corrected chi connectivity index (χ3v) is 12.0. The van der Waals surface area contributed by atoms with Crippen molar-refractivity contribution in [3.8, 4) is 0 Å². The number of carboxylic acid groups (broad SMARTS) is 1. The molecule has 1 saturated heterocycles. The molecule has 2 amide bonds. The van der Waals surface area contributed by atoms with Crippen LogP contribution in [0.4, 0.5) is 0 Å². The minimum Gasteiger partial charge on any atom is -0.481 e. The highest BCUT2D eigenvalue weighted by Crippen LogP contribution is 2.33. The molecule has 54 heavy (non-hydrogen) atoms. The zero-order valence-corrected chi connectivity index (χ0v) is 33.6. The predicted molar refractivity (Wildman–Crippen MR) is 213 cm³/mol. The number of likely N-dealkylation sites (tertiary alicyclic amines) is 1. The third-order valence-electron chi connectivity index (χ3n) is 11.1. The summed E-state index contributed by atoms with van der Waals surface area (Å²) in [6.45, 7) is 11.0. The van der Waals surface area contributed by atoms with Gasteiger partial charge in [-0.05, 0) is 62.2 Å². The SMILES string of the molecule is CC[C@H](C)[C@H](CC(=O)[C@H]1CCCCN1C)C(=O)N(Cc1ccccc1)[C@H](C[C@@H](O)c1nc(C(=O)N[C@@H](Cc2ccccc2)C[C@H](C)C(=O)O)cs1)C(C)C. The van der Waals surface area contributed by atoms with E-state index in [2.05, 4.69) is 29.0 Å². The van der Waals surface area contributed by atoms with Gasteiger partial charge in [0.2, 0.25) is 5.91 Å². The Morgan fingerprint density at radius 3 is 2.20 bits per heavy atom. The van der Waals surface area contributed by atoms with Crippen LogP contribution in [0.25, 0.3) is 0 Å². The average Bonchev–Trinajstić information content (AvgIpc) is 3.66. The van der Waals surface area contributed by atoms with E-state index in [4.69, 9.17) is 0 Å². The van der Waals surface area contributed by atoms with E-state index in [1.165, 1.54) is 11.3 Å². The van der Waals surface area contributed by atoms with Gasteiger partial charge >= 0.3 is 5.97 Å². The van der Waals surface area contributed by atoms with Gasteiger partial charge in [0, 0.05) is 42.8 Å². The molecule has 2 aromatic carbocycles. The molecule has 0 saturated carbocycles. The van der Waals surface area contributed by atoms with E-state index in [0.717, 1.165) is 43.4 Å². The Kier molecular flexibility index (Phi) is 16.4. The van der Waals surface area contributed by atoms with Crippen molar-refractivity contribution >= 4 is 34.9 Å². The van der Waals surface area contributed by atoms with E-state index in [9.17, 15) is 29.4 Å². The molecule has 1 aliphatic rings. The molecule has 11 heteroatoms. The van der Waals surface area contributed by atoms with Crippen molar-refractivity contribution in [1.82, 2.24) is 20.1 Å². The number of carbonyl (C=O) groups excluding carboxylic acids is 3. The zero-order chi connectivity index (χ0) is 39.4. The number of benzene rings is 2. The number of nitrogens with one attached hydrogen (secondary N) is 1. The van der Waals surface area contributed by atoms with Crippen LogP contribution in [0, 0.1) is 23.7 Å². The first-order valence-corrected chi connectivity index (χ1v) is 20.4. The fourth-order valence-electron chi connectivity index (χ4n) is 7.52. The van der Waals surface area contributed by atoms with Crippen LogP contribution in [-0.4, -0.2) is 80.3 Å². The smallest absolute Gasteiger partial charge is 0.306 e. The maximum absolute atomic E-state index is 14.8. The summed E-state index contributed by atoms with van der Waals surface area (Å²) in [5.41, 5.74) is 2.09. The molecule has 1 fully saturated rings. The Balaban J connectivity index is 1.56. The van der Waals surface area contributed by atoms with Crippen molar-refractivity contribution in [3.63, 3.8) is 0 Å². The van der Waals surface area contributed by atoms with Crippen molar-refractivity contribution in [2.45, 2.75) is 117 Å². The molecule has 2 heterocycles. The number of thiazole rings is 1. The van der Waals surface area contributed by atoms with Crippen molar-refractivity contribution in [2.75, 3.05) is 13.6 Å². The molecule has 0 aliphatic carbocycles. The minimum absolute atomic E-state index is 0.0180. The number of nitrogens with zero attached hydrogens (tertiary/aromatic N) is 3. The van der Waals surface area contributed by atoms with Crippen LogP contribution in [0.2, 0.25) is 0 Å². The first kappa shape index (κ1) is 42.8. The number of carboxylic acids is 1. The molecule has 3 aromatic rings. The fraction of sp³-hybridized carbons (Fsp3) is 0.558. The summed E-state index contributed by atoms with van der Waals surface area (Å²) in [7, 11) is 2.00. The van der Waals surface area contributed by atoms with Gasteiger partial charge in [0.15, 0.2) is 5.78 Å². The first-order valence-electron chi connectivity index (χ1n) is 19.6. The molecule has 294 valence electrons. The molecule has 0 radical (unpaired) electrons. The molecule has 1 aliphatic heterocycles. The quantitative estimate of drug-likeness (QED) is 0.110. The van der Waals surface area contributed by atoms with E-state index in [0.29, 0.717) is 18.0 Å². The number of Topliss-reactive ketones (excluding diaryl/α,β-unsaturated/α-hetero) is 1. The number of rotatable bonds is 20. The number of aromatic nitrogens is 1. The number of hydrogen-bond acceptors (Lipinski definition) is 8. The van der Waals surface area contributed by atoms with Crippen LogP contribution in [0.15, 0.2) is 66.0 Å². The number of likely N-dealkylation sites (N-methyl/N-ethyl adjacent to an activating group) is 1. The van der Waals surface area contributed by atoms with Gasteiger partial charge in [-0.25, -0.2) is 4.98 Å². The summed E-state index contributed by atoms with van der Waals surface area (Å²) in [6.07, 6.45) is 3.69. The number of aliphatic hydroxyl groups is 1. The van der Waals surface area contributed by atoms with Gasteiger partial charge in [0.1, 0.15) is 16.8 Å². The van der Waals surface area contributed by atoms with Gasteiger partial charge in [-0.15, -0.1) is 11.3 Å². The van der Waals surface area contributed by atoms with Crippen LogP contribution in [0.1, 0.15) is 112 Å². The molecule has 3 N–H and O–H groups in total. The van der Waals surface area contributed by atoms with Crippen molar-refractivity contribution in [1.29, 1.82) is 0 Å². The van der Waals surface area contributed by atoms with E-state index in [1.807, 2.05) is 86.5 Å². The van der Waals surface area contributed by atoms with Gasteiger partial charge in [-0.1, -0.05) is 108 Å². The molecule has 0 bridgehead atoms. The largest absolute Gasteiger partial charge is 0.481 e. The maximum Gasteiger partial charge on any atom is 0.306 e. The number of aliphatic carboxylic acids is 1. The van der Waals surface area contributed by atoms with Crippen LogP contribution in [0.3, 0.4) is 0 Å². The van der Waals surface area contributed by atoms with Crippen molar-refractivity contribution in [3.05, 3.63) is 87.9 Å². The average molecular weight is 761 g/mol. The number of ketones is 1. The molecule has 1 aromatic heterocycles. The second-order valence-corrected chi connectivity index (χ2v) is 16.5. The summed E-state index contributed by atoms with van der Waals surface area (Å²) in [6, 6.07) is 18.4. The van der Waals surface area contributed by atoms with E-state index in [1.54, 1.807) is 12.3 Å². The summed E-state index contributed by atoms with van der Waals surface area (Å²) < 4.78 is 0. The van der Waals surface area contributed by atoms with E-state index >= 15 is 0 Å². The number of amides is 2. The molecule has 7 atom stereocenters. The Morgan fingerprint density at radius 1 is 0.963 bits per heavy atom. The zero-order valence-electron chi connectivity index (χ0n) is 32.8. The summed E-state index contributed by atoms with van der Waals surface area (Å²) >= 11 is 1.18. The van der Waals surface area contributed by atoms with E-state index < -0.39 is 35.9 Å². The van der Waals surface area contributed by atoms with Crippen LogP contribution >= 0.6 is 11.3 Å². The first-order chi connectivity index (χ1) is 25.8. The lowest BCUT2D eigenvalue weighted by atomic mass is 9.82. The molecular weight excluding hydrogens is 701 g/mol. The summed E-state index contributed by atoms with van der Waals surface area (Å²) in [5.74, 6) is -2.54. The van der Waals surface area contributed by atoms with Gasteiger partial charge in [0.05, 0.1) is 12.0 Å². The van der Waals surface area contributed by atoms with Crippen molar-refractivity contribution < 1.29 is 29.4 Å². The molecule has 0 spiro atoms. The highest BCUT2D eigenvalue weighted by atomic mass is 32.1.